The molecule has 0 aliphatic carbocycles. The molecular formula is C22H17F2NS2. The van der Waals surface area contributed by atoms with Crippen LogP contribution in [0, 0.1) is 11.6 Å². The highest BCUT2D eigenvalue weighted by Crippen LogP contribution is 2.29. The van der Waals surface area contributed by atoms with E-state index in [2.05, 4.69) is 0 Å². The summed E-state index contributed by atoms with van der Waals surface area (Å²) < 4.78 is 26.2. The lowest BCUT2D eigenvalue weighted by Gasteiger charge is -2.08. The maximum Gasteiger partial charge on any atom is 0.123 e. The molecule has 5 heteroatoms. The van der Waals surface area contributed by atoms with Gasteiger partial charge in [0.1, 0.15) is 16.7 Å². The molecule has 0 N–H and O–H groups in total. The van der Waals surface area contributed by atoms with Crippen LogP contribution in [-0.4, -0.2) is 5.04 Å². The fourth-order valence-electron chi connectivity index (χ4n) is 2.15. The predicted molar refractivity (Wildman–Crippen MR) is 112 cm³/mol. The number of rotatable bonds is 5. The van der Waals surface area contributed by atoms with Crippen LogP contribution in [0.1, 0.15) is 6.92 Å². The first kappa shape index (κ1) is 19.4. The molecule has 0 bridgehead atoms. The van der Waals surface area contributed by atoms with Crippen molar-refractivity contribution in [3.63, 3.8) is 0 Å². The molecule has 0 saturated carbocycles. The maximum atomic E-state index is 13.2. The number of para-hydroxylation sites is 1. The van der Waals surface area contributed by atoms with Gasteiger partial charge in [-0.1, -0.05) is 41.7 Å². The van der Waals surface area contributed by atoms with E-state index in [4.69, 9.17) is 4.99 Å². The lowest BCUT2D eigenvalue weighted by Crippen LogP contribution is -1.94. The Morgan fingerprint density at radius 1 is 0.778 bits per heavy atom. The first-order valence-corrected chi connectivity index (χ1v) is 9.96. The smallest absolute Gasteiger partial charge is 0.123 e. The van der Waals surface area contributed by atoms with Gasteiger partial charge in [-0.25, -0.2) is 13.8 Å². The molecule has 0 amide bonds. The van der Waals surface area contributed by atoms with Gasteiger partial charge in [-0.05, 0) is 78.6 Å². The fraction of sp³-hybridized carbons (Fsp3) is 0.0455. The van der Waals surface area contributed by atoms with Crippen molar-refractivity contribution in [3.05, 3.63) is 101 Å². The second-order valence-corrected chi connectivity index (χ2v) is 7.69. The van der Waals surface area contributed by atoms with Crippen molar-refractivity contribution in [2.45, 2.75) is 16.7 Å². The van der Waals surface area contributed by atoms with Gasteiger partial charge in [0.2, 0.25) is 0 Å². The zero-order valence-corrected chi connectivity index (χ0v) is 16.2. The summed E-state index contributed by atoms with van der Waals surface area (Å²) in [5.74, 6) is -0.515. The van der Waals surface area contributed by atoms with Gasteiger partial charge in [0.15, 0.2) is 0 Å². The second kappa shape index (κ2) is 9.53. The average molecular weight is 398 g/mol. The predicted octanol–water partition coefficient (Wildman–Crippen LogP) is 7.48. The third-order valence-corrected chi connectivity index (χ3v) is 5.67. The Labute approximate surface area is 166 Å². The molecule has 3 aromatic carbocycles. The molecule has 0 radical (unpaired) electrons. The number of hydrogen-bond acceptors (Lipinski definition) is 3. The summed E-state index contributed by atoms with van der Waals surface area (Å²) in [6.45, 7) is 1.98. The SMILES string of the molecule is CC(=CSc1ccc(F)cc1)C(=Nc1ccccc1)Sc1ccc(F)cc1. The molecule has 0 fully saturated rings. The number of nitrogens with zero attached hydrogens (tertiary/aromatic N) is 1. The lowest BCUT2D eigenvalue weighted by atomic mass is 10.3. The first-order chi connectivity index (χ1) is 13.1. The third kappa shape index (κ3) is 6.08. The van der Waals surface area contributed by atoms with Crippen molar-refractivity contribution in [2.75, 3.05) is 0 Å². The van der Waals surface area contributed by atoms with E-state index in [9.17, 15) is 8.78 Å². The Morgan fingerprint density at radius 2 is 1.33 bits per heavy atom. The van der Waals surface area contributed by atoms with Gasteiger partial charge in [-0.3, -0.25) is 0 Å². The van der Waals surface area contributed by atoms with E-state index >= 15 is 0 Å². The quantitative estimate of drug-likeness (QED) is 0.251. The molecule has 27 heavy (non-hydrogen) atoms. The molecule has 3 aromatic rings. The van der Waals surface area contributed by atoms with E-state index in [-0.39, 0.29) is 11.6 Å². The van der Waals surface area contributed by atoms with E-state index < -0.39 is 0 Å². The van der Waals surface area contributed by atoms with Gasteiger partial charge < -0.3 is 0 Å². The minimum Gasteiger partial charge on any atom is -0.241 e. The van der Waals surface area contributed by atoms with Crippen molar-refractivity contribution in [3.8, 4) is 0 Å². The molecule has 0 saturated heterocycles. The standard InChI is InChI=1S/C22H17F2NS2/c1-16(15-26-20-11-7-17(23)8-12-20)22(25-19-5-3-2-4-6-19)27-21-13-9-18(24)10-14-21/h2-15H,1H3. The van der Waals surface area contributed by atoms with Crippen LogP contribution >= 0.6 is 23.5 Å². The normalized spacial score (nSPS) is 12.3. The van der Waals surface area contributed by atoms with Crippen molar-refractivity contribution in [1.29, 1.82) is 0 Å². The lowest BCUT2D eigenvalue weighted by molar-refractivity contribution is 0.626. The van der Waals surface area contributed by atoms with Gasteiger partial charge in [-0.15, -0.1) is 0 Å². The first-order valence-electron chi connectivity index (χ1n) is 8.27. The summed E-state index contributed by atoms with van der Waals surface area (Å²) in [4.78, 5) is 6.60. The van der Waals surface area contributed by atoms with Crippen molar-refractivity contribution < 1.29 is 8.78 Å². The van der Waals surface area contributed by atoms with Crippen LogP contribution in [-0.2, 0) is 0 Å². The Hall–Kier alpha value is -2.37. The molecule has 0 spiro atoms. The van der Waals surface area contributed by atoms with Gasteiger partial charge in [-0.2, -0.15) is 0 Å². The highest BCUT2D eigenvalue weighted by molar-refractivity contribution is 8.14. The molecule has 0 aliphatic rings. The fourth-order valence-corrected chi connectivity index (χ4v) is 3.80. The monoisotopic (exact) mass is 397 g/mol. The minimum atomic E-state index is -0.264. The van der Waals surface area contributed by atoms with Crippen LogP contribution in [0.25, 0.3) is 0 Å². The highest BCUT2D eigenvalue weighted by atomic mass is 32.2. The summed E-state index contributed by atoms with van der Waals surface area (Å²) in [5.41, 5.74) is 1.82. The third-order valence-electron chi connectivity index (χ3n) is 3.54. The van der Waals surface area contributed by atoms with Crippen LogP contribution in [0.3, 0.4) is 0 Å². The molecule has 0 atom stereocenters. The molecule has 1 nitrogen and oxygen atoms in total. The molecule has 0 unspecified atom stereocenters. The van der Waals surface area contributed by atoms with E-state index in [1.54, 1.807) is 24.3 Å². The molecule has 0 heterocycles. The maximum absolute atomic E-state index is 13.2. The number of benzene rings is 3. The van der Waals surface area contributed by atoms with Crippen molar-refractivity contribution >= 4 is 34.3 Å². The Morgan fingerprint density at radius 3 is 1.93 bits per heavy atom. The Balaban J connectivity index is 1.85. The van der Waals surface area contributed by atoms with Gasteiger partial charge in [0.25, 0.3) is 0 Å². The summed E-state index contributed by atoms with van der Waals surface area (Å²) in [7, 11) is 0. The summed E-state index contributed by atoms with van der Waals surface area (Å²) in [6, 6.07) is 22.4. The Bertz CT molecular complexity index is 934. The molecule has 0 aromatic heterocycles. The summed E-state index contributed by atoms with van der Waals surface area (Å²) >= 11 is 2.99. The van der Waals surface area contributed by atoms with Crippen molar-refractivity contribution in [2.24, 2.45) is 4.99 Å². The summed E-state index contributed by atoms with van der Waals surface area (Å²) in [5, 5.41) is 2.81. The van der Waals surface area contributed by atoms with E-state index in [0.717, 1.165) is 26.1 Å². The second-order valence-electron chi connectivity index (χ2n) is 5.68. The van der Waals surface area contributed by atoms with E-state index in [1.807, 2.05) is 42.7 Å². The van der Waals surface area contributed by atoms with Gasteiger partial charge in [0, 0.05) is 9.79 Å². The van der Waals surface area contributed by atoms with Gasteiger partial charge in [0.05, 0.1) is 5.69 Å². The Kier molecular flexibility index (Phi) is 6.85. The largest absolute Gasteiger partial charge is 0.241 e. The summed E-state index contributed by atoms with van der Waals surface area (Å²) in [6.07, 6.45) is 0. The minimum absolute atomic E-state index is 0.252. The number of aliphatic imine (C=N–C) groups is 1. The van der Waals surface area contributed by atoms with Crippen LogP contribution in [0.4, 0.5) is 14.5 Å². The molecule has 3 rings (SSSR count). The van der Waals surface area contributed by atoms with Crippen LogP contribution in [0.15, 0.2) is 105 Å². The highest BCUT2D eigenvalue weighted by Gasteiger charge is 2.07. The van der Waals surface area contributed by atoms with E-state index in [0.29, 0.717) is 0 Å². The van der Waals surface area contributed by atoms with Crippen LogP contribution in [0.5, 0.6) is 0 Å². The number of thioether (sulfide) groups is 2. The average Bonchev–Trinajstić information content (AvgIpc) is 2.69. The van der Waals surface area contributed by atoms with E-state index in [1.165, 1.54) is 47.8 Å². The van der Waals surface area contributed by atoms with Crippen LogP contribution < -0.4 is 0 Å². The zero-order chi connectivity index (χ0) is 19.1. The van der Waals surface area contributed by atoms with Crippen LogP contribution in [0.2, 0.25) is 0 Å². The molecule has 136 valence electrons. The van der Waals surface area contributed by atoms with Gasteiger partial charge >= 0.3 is 0 Å². The molecule has 0 aliphatic heterocycles. The number of halogens is 2. The zero-order valence-electron chi connectivity index (χ0n) is 14.6. The van der Waals surface area contributed by atoms with Crippen molar-refractivity contribution in [1.82, 2.24) is 0 Å². The molecular weight excluding hydrogens is 380 g/mol. The number of hydrogen-bond donors (Lipinski definition) is 0. The topological polar surface area (TPSA) is 12.4 Å².